The fourth-order valence-electron chi connectivity index (χ4n) is 3.38. The van der Waals surface area contributed by atoms with Crippen LogP contribution >= 0.6 is 0 Å². The number of hydrogen-bond donors (Lipinski definition) is 2. The second-order valence-corrected chi connectivity index (χ2v) is 7.05. The lowest BCUT2D eigenvalue weighted by atomic mass is 10.1. The minimum Gasteiger partial charge on any atom is -0.349 e. The molecule has 4 nitrogen and oxygen atoms in total. The van der Waals surface area contributed by atoms with E-state index in [2.05, 4.69) is 10.6 Å². The molecule has 2 N–H and O–H groups in total. The molecule has 27 heavy (non-hydrogen) atoms. The van der Waals surface area contributed by atoms with E-state index in [4.69, 9.17) is 0 Å². The number of nitrogens with one attached hydrogen (secondary N) is 2. The van der Waals surface area contributed by atoms with E-state index in [1.807, 2.05) is 0 Å². The van der Waals surface area contributed by atoms with Gasteiger partial charge in [0.15, 0.2) is 0 Å². The van der Waals surface area contributed by atoms with Crippen molar-refractivity contribution in [3.05, 3.63) is 71.0 Å². The van der Waals surface area contributed by atoms with Crippen molar-refractivity contribution in [1.82, 2.24) is 10.6 Å². The fraction of sp³-hybridized carbons (Fsp3) is 0.364. The first kappa shape index (κ1) is 19.1. The highest BCUT2D eigenvalue weighted by Gasteiger charge is 2.16. The summed E-state index contributed by atoms with van der Waals surface area (Å²) in [6.45, 7) is 0.303. The van der Waals surface area contributed by atoms with E-state index in [0.29, 0.717) is 17.7 Å². The van der Waals surface area contributed by atoms with E-state index in [9.17, 15) is 14.0 Å². The van der Waals surface area contributed by atoms with E-state index in [0.717, 1.165) is 31.2 Å². The van der Waals surface area contributed by atoms with Crippen LogP contribution in [0.3, 0.4) is 0 Å². The molecule has 0 aromatic heterocycles. The number of amides is 2. The standard InChI is InChI=1S/C22H25FN2O2/c23-19-12-10-16(11-13-19)15-24-21(26)17-6-5-7-18(14-17)22(27)25-20-8-3-1-2-4-9-20/h5-7,10-14,20H,1-4,8-9,15H2,(H,24,26)(H,25,27). The Morgan fingerprint density at radius 3 is 2.19 bits per heavy atom. The molecule has 0 heterocycles. The van der Waals surface area contributed by atoms with E-state index >= 15 is 0 Å². The van der Waals surface area contributed by atoms with E-state index < -0.39 is 0 Å². The zero-order chi connectivity index (χ0) is 19.1. The van der Waals surface area contributed by atoms with Gasteiger partial charge < -0.3 is 10.6 Å². The maximum absolute atomic E-state index is 12.9. The molecule has 0 unspecified atom stereocenters. The van der Waals surface area contributed by atoms with Crippen molar-refractivity contribution in [3.63, 3.8) is 0 Å². The molecule has 3 rings (SSSR count). The predicted molar refractivity (Wildman–Crippen MR) is 103 cm³/mol. The second kappa shape index (κ2) is 9.31. The third kappa shape index (κ3) is 5.64. The first-order chi connectivity index (χ1) is 13.1. The van der Waals surface area contributed by atoms with E-state index in [1.54, 1.807) is 36.4 Å². The molecule has 142 valence electrons. The molecule has 0 radical (unpaired) electrons. The van der Waals surface area contributed by atoms with Gasteiger partial charge in [-0.3, -0.25) is 9.59 Å². The van der Waals surface area contributed by atoms with Crippen LogP contribution in [0.25, 0.3) is 0 Å². The molecule has 1 fully saturated rings. The van der Waals surface area contributed by atoms with Crippen molar-refractivity contribution in [2.75, 3.05) is 0 Å². The zero-order valence-electron chi connectivity index (χ0n) is 15.3. The Balaban J connectivity index is 1.59. The molecule has 0 atom stereocenters. The zero-order valence-corrected chi connectivity index (χ0v) is 15.3. The molecule has 0 bridgehead atoms. The lowest BCUT2D eigenvalue weighted by Gasteiger charge is -2.16. The van der Waals surface area contributed by atoms with Crippen LogP contribution < -0.4 is 10.6 Å². The highest BCUT2D eigenvalue weighted by molar-refractivity contribution is 5.99. The van der Waals surface area contributed by atoms with Gasteiger partial charge in [-0.25, -0.2) is 4.39 Å². The number of carbonyl (C=O) groups excluding carboxylic acids is 2. The van der Waals surface area contributed by atoms with Crippen LogP contribution in [0, 0.1) is 5.82 Å². The maximum atomic E-state index is 12.9. The van der Waals surface area contributed by atoms with Crippen LogP contribution in [-0.2, 0) is 6.54 Å². The number of carbonyl (C=O) groups is 2. The molecule has 5 heteroatoms. The first-order valence-corrected chi connectivity index (χ1v) is 9.55. The van der Waals surface area contributed by atoms with Gasteiger partial charge in [0.05, 0.1) is 0 Å². The molecule has 0 saturated heterocycles. The van der Waals surface area contributed by atoms with Crippen LogP contribution in [-0.4, -0.2) is 17.9 Å². The predicted octanol–water partition coefficient (Wildman–Crippen LogP) is 4.21. The minimum absolute atomic E-state index is 0.130. The Morgan fingerprint density at radius 2 is 1.52 bits per heavy atom. The lowest BCUT2D eigenvalue weighted by Crippen LogP contribution is -2.34. The summed E-state index contributed by atoms with van der Waals surface area (Å²) >= 11 is 0. The van der Waals surface area contributed by atoms with Gasteiger partial charge in [0.1, 0.15) is 5.82 Å². The topological polar surface area (TPSA) is 58.2 Å². The van der Waals surface area contributed by atoms with Gasteiger partial charge in [0.2, 0.25) is 0 Å². The molecule has 1 saturated carbocycles. The fourth-order valence-corrected chi connectivity index (χ4v) is 3.38. The smallest absolute Gasteiger partial charge is 0.251 e. The van der Waals surface area contributed by atoms with E-state index in [1.165, 1.54) is 25.0 Å². The van der Waals surface area contributed by atoms with Crippen LogP contribution in [0.1, 0.15) is 64.8 Å². The van der Waals surface area contributed by atoms with Crippen molar-refractivity contribution in [1.29, 1.82) is 0 Å². The van der Waals surface area contributed by atoms with Gasteiger partial charge in [-0.05, 0) is 48.7 Å². The first-order valence-electron chi connectivity index (χ1n) is 9.55. The van der Waals surface area contributed by atoms with Gasteiger partial charge >= 0.3 is 0 Å². The van der Waals surface area contributed by atoms with Crippen molar-refractivity contribution >= 4 is 11.8 Å². The minimum atomic E-state index is -0.308. The summed E-state index contributed by atoms with van der Waals surface area (Å²) in [7, 11) is 0. The van der Waals surface area contributed by atoms with Gasteiger partial charge in [0.25, 0.3) is 11.8 Å². The number of halogens is 1. The summed E-state index contributed by atoms with van der Waals surface area (Å²) in [5.41, 5.74) is 1.74. The highest BCUT2D eigenvalue weighted by atomic mass is 19.1. The molecular weight excluding hydrogens is 343 g/mol. The van der Waals surface area contributed by atoms with Crippen molar-refractivity contribution < 1.29 is 14.0 Å². The summed E-state index contributed by atoms with van der Waals surface area (Å²) < 4.78 is 12.9. The largest absolute Gasteiger partial charge is 0.349 e. The molecule has 0 aliphatic heterocycles. The van der Waals surface area contributed by atoms with Crippen molar-refractivity contribution in [2.45, 2.75) is 51.1 Å². The summed E-state index contributed by atoms with van der Waals surface area (Å²) in [6, 6.07) is 12.9. The molecule has 0 spiro atoms. The van der Waals surface area contributed by atoms with Gasteiger partial charge in [-0.1, -0.05) is 43.9 Å². The van der Waals surface area contributed by atoms with Gasteiger partial charge in [-0.15, -0.1) is 0 Å². The Hall–Kier alpha value is -2.69. The number of benzene rings is 2. The van der Waals surface area contributed by atoms with Crippen LogP contribution in [0.5, 0.6) is 0 Å². The Morgan fingerprint density at radius 1 is 0.889 bits per heavy atom. The maximum Gasteiger partial charge on any atom is 0.251 e. The Kier molecular flexibility index (Phi) is 6.58. The summed E-state index contributed by atoms with van der Waals surface area (Å²) in [4.78, 5) is 24.9. The molecular formula is C22H25FN2O2. The number of rotatable bonds is 5. The van der Waals surface area contributed by atoms with Gasteiger partial charge in [-0.2, -0.15) is 0 Å². The van der Waals surface area contributed by atoms with Crippen LogP contribution in [0.15, 0.2) is 48.5 Å². The summed E-state index contributed by atoms with van der Waals surface area (Å²) in [6.07, 6.45) is 6.80. The van der Waals surface area contributed by atoms with Crippen LogP contribution in [0.2, 0.25) is 0 Å². The Bertz CT molecular complexity index is 781. The van der Waals surface area contributed by atoms with E-state index in [-0.39, 0.29) is 23.7 Å². The highest BCUT2D eigenvalue weighted by Crippen LogP contribution is 2.18. The monoisotopic (exact) mass is 368 g/mol. The van der Waals surface area contributed by atoms with Crippen molar-refractivity contribution in [3.8, 4) is 0 Å². The summed E-state index contributed by atoms with van der Waals surface area (Å²) in [5, 5.41) is 5.90. The summed E-state index contributed by atoms with van der Waals surface area (Å²) in [5.74, 6) is -0.698. The third-order valence-corrected chi connectivity index (χ3v) is 4.94. The molecule has 2 aromatic rings. The van der Waals surface area contributed by atoms with Gasteiger partial charge in [0, 0.05) is 23.7 Å². The average Bonchev–Trinajstić information content (AvgIpc) is 2.96. The molecule has 1 aliphatic rings. The number of hydrogen-bond acceptors (Lipinski definition) is 2. The SMILES string of the molecule is O=C(NCc1ccc(F)cc1)c1cccc(C(=O)NC2CCCCCC2)c1. The second-order valence-electron chi connectivity index (χ2n) is 7.05. The third-order valence-electron chi connectivity index (χ3n) is 4.94. The Labute approximate surface area is 159 Å². The lowest BCUT2D eigenvalue weighted by molar-refractivity contribution is 0.0933. The molecule has 1 aliphatic carbocycles. The molecule has 2 amide bonds. The normalized spacial score (nSPS) is 15.0. The van der Waals surface area contributed by atoms with Crippen molar-refractivity contribution in [2.24, 2.45) is 0 Å². The van der Waals surface area contributed by atoms with Crippen LogP contribution in [0.4, 0.5) is 4.39 Å². The quantitative estimate of drug-likeness (QED) is 0.777. The average molecular weight is 368 g/mol. The molecule has 2 aromatic carbocycles.